The van der Waals surface area contributed by atoms with Crippen molar-refractivity contribution >= 4 is 6.08 Å². The molecule has 0 N–H and O–H groups in total. The Labute approximate surface area is 114 Å². The van der Waals surface area contributed by atoms with Gasteiger partial charge in [0.15, 0.2) is 0 Å². The van der Waals surface area contributed by atoms with E-state index in [2.05, 4.69) is 43.0 Å². The second kappa shape index (κ2) is 6.47. The van der Waals surface area contributed by atoms with Gasteiger partial charge < -0.3 is 4.74 Å². The minimum Gasteiger partial charge on any atom is -0.497 e. The molecule has 1 heteroatoms. The van der Waals surface area contributed by atoms with Crippen LogP contribution in [0, 0.1) is 18.8 Å². The van der Waals surface area contributed by atoms with E-state index in [1.807, 2.05) is 36.4 Å². The molecule has 2 aromatic rings. The minimum atomic E-state index is 0.828. The Kier molecular flexibility index (Phi) is 4.42. The number of aryl methyl sites for hydroxylation is 1. The van der Waals surface area contributed by atoms with Gasteiger partial charge in [0.2, 0.25) is 0 Å². The lowest BCUT2D eigenvalue weighted by molar-refractivity contribution is 0.414. The van der Waals surface area contributed by atoms with Crippen molar-refractivity contribution in [3.8, 4) is 17.6 Å². The Balaban J connectivity index is 2.05. The van der Waals surface area contributed by atoms with E-state index in [0.717, 1.165) is 16.9 Å². The van der Waals surface area contributed by atoms with Gasteiger partial charge in [-0.3, -0.25) is 0 Å². The Morgan fingerprint density at radius 1 is 1.05 bits per heavy atom. The molecule has 19 heavy (non-hydrogen) atoms. The largest absolute Gasteiger partial charge is 0.497 e. The van der Waals surface area contributed by atoms with Gasteiger partial charge >= 0.3 is 0 Å². The lowest BCUT2D eigenvalue weighted by Gasteiger charge is -1.97. The monoisotopic (exact) mass is 248 g/mol. The summed E-state index contributed by atoms with van der Waals surface area (Å²) in [6, 6.07) is 16.1. The van der Waals surface area contributed by atoms with Crippen LogP contribution in [-0.2, 0) is 0 Å². The van der Waals surface area contributed by atoms with Gasteiger partial charge in [-0.05, 0) is 42.8 Å². The highest BCUT2D eigenvalue weighted by Gasteiger charge is 1.90. The molecule has 0 unspecified atom stereocenters. The molecule has 2 aromatic carbocycles. The molecule has 0 heterocycles. The van der Waals surface area contributed by atoms with Crippen molar-refractivity contribution in [2.45, 2.75) is 6.92 Å². The van der Waals surface area contributed by atoms with Gasteiger partial charge in [0, 0.05) is 5.56 Å². The zero-order valence-electron chi connectivity index (χ0n) is 11.2. The van der Waals surface area contributed by atoms with Crippen LogP contribution < -0.4 is 4.74 Å². The summed E-state index contributed by atoms with van der Waals surface area (Å²) in [6.45, 7) is 2.08. The first-order valence-electron chi connectivity index (χ1n) is 6.17. The molecular formula is C18H16O. The van der Waals surface area contributed by atoms with E-state index in [0.29, 0.717) is 0 Å². The molecule has 0 radical (unpaired) electrons. The fourth-order valence-corrected chi connectivity index (χ4v) is 1.64. The molecule has 0 aliphatic carbocycles. The summed E-state index contributed by atoms with van der Waals surface area (Å²) in [5, 5.41) is 0. The lowest BCUT2D eigenvalue weighted by atomic mass is 10.1. The van der Waals surface area contributed by atoms with Crippen molar-refractivity contribution in [2.24, 2.45) is 0 Å². The number of methoxy groups -OCH3 is 1. The molecule has 0 amide bonds. The summed E-state index contributed by atoms with van der Waals surface area (Å²) in [6.07, 6.45) is 3.87. The molecule has 0 aliphatic heterocycles. The summed E-state index contributed by atoms with van der Waals surface area (Å²) < 4.78 is 5.16. The third-order valence-electron chi connectivity index (χ3n) is 2.72. The van der Waals surface area contributed by atoms with Gasteiger partial charge in [0.05, 0.1) is 7.11 Å². The minimum absolute atomic E-state index is 0.828. The molecule has 2 rings (SSSR count). The molecule has 0 saturated carbocycles. The van der Waals surface area contributed by atoms with E-state index >= 15 is 0 Å². The second-order valence-corrected chi connectivity index (χ2v) is 4.25. The molecule has 0 bridgehead atoms. The molecule has 94 valence electrons. The van der Waals surface area contributed by atoms with Crippen LogP contribution in [0.2, 0.25) is 0 Å². The van der Waals surface area contributed by atoms with E-state index in [9.17, 15) is 0 Å². The highest BCUT2D eigenvalue weighted by molar-refractivity contribution is 5.54. The summed E-state index contributed by atoms with van der Waals surface area (Å²) in [5.74, 6) is 6.94. The van der Waals surface area contributed by atoms with E-state index in [4.69, 9.17) is 4.74 Å². The Morgan fingerprint density at radius 3 is 2.58 bits per heavy atom. The summed E-state index contributed by atoms with van der Waals surface area (Å²) >= 11 is 0. The van der Waals surface area contributed by atoms with Crippen LogP contribution in [0.5, 0.6) is 5.75 Å². The molecule has 0 saturated heterocycles. The first-order chi connectivity index (χ1) is 9.28. The van der Waals surface area contributed by atoms with E-state index in [1.54, 1.807) is 7.11 Å². The Morgan fingerprint density at radius 2 is 1.84 bits per heavy atom. The van der Waals surface area contributed by atoms with E-state index < -0.39 is 0 Å². The maximum absolute atomic E-state index is 5.16. The summed E-state index contributed by atoms with van der Waals surface area (Å²) in [4.78, 5) is 0. The topological polar surface area (TPSA) is 9.23 Å². The molecule has 0 fully saturated rings. The highest BCUT2D eigenvalue weighted by atomic mass is 16.5. The highest BCUT2D eigenvalue weighted by Crippen LogP contribution is 2.11. The van der Waals surface area contributed by atoms with Gasteiger partial charge in [-0.1, -0.05) is 47.7 Å². The van der Waals surface area contributed by atoms with Crippen LogP contribution in [0.4, 0.5) is 0 Å². The molecule has 1 nitrogen and oxygen atoms in total. The van der Waals surface area contributed by atoms with Gasteiger partial charge in [0.1, 0.15) is 5.75 Å². The normalized spacial score (nSPS) is 10.0. The number of hydrogen-bond donors (Lipinski definition) is 0. The maximum Gasteiger partial charge on any atom is 0.120 e. The number of rotatable bonds is 2. The summed E-state index contributed by atoms with van der Waals surface area (Å²) in [5.41, 5.74) is 3.37. The number of ether oxygens (including phenoxy) is 1. The van der Waals surface area contributed by atoms with Crippen molar-refractivity contribution in [2.75, 3.05) is 7.11 Å². The van der Waals surface area contributed by atoms with Gasteiger partial charge in [-0.15, -0.1) is 0 Å². The summed E-state index contributed by atoms with van der Waals surface area (Å²) in [7, 11) is 1.66. The van der Waals surface area contributed by atoms with Crippen LogP contribution in [-0.4, -0.2) is 7.11 Å². The van der Waals surface area contributed by atoms with Crippen molar-refractivity contribution < 1.29 is 4.74 Å². The van der Waals surface area contributed by atoms with Crippen molar-refractivity contribution in [1.82, 2.24) is 0 Å². The zero-order valence-corrected chi connectivity index (χ0v) is 11.2. The van der Waals surface area contributed by atoms with Crippen LogP contribution in [0.15, 0.2) is 54.6 Å². The SMILES string of the molecule is COc1cccc(C#C/C=C\c2ccc(C)cc2)c1. The van der Waals surface area contributed by atoms with Crippen LogP contribution in [0.25, 0.3) is 6.08 Å². The maximum atomic E-state index is 5.16. The van der Waals surface area contributed by atoms with Gasteiger partial charge in [-0.2, -0.15) is 0 Å². The molecule has 0 spiro atoms. The van der Waals surface area contributed by atoms with Crippen LogP contribution >= 0.6 is 0 Å². The first-order valence-corrected chi connectivity index (χ1v) is 6.17. The van der Waals surface area contributed by atoms with Crippen molar-refractivity contribution in [3.05, 3.63) is 71.3 Å². The molecule has 0 aliphatic rings. The predicted molar refractivity (Wildman–Crippen MR) is 80.1 cm³/mol. The average molecular weight is 248 g/mol. The molecule has 0 atom stereocenters. The number of hydrogen-bond acceptors (Lipinski definition) is 1. The Bertz CT molecular complexity index is 625. The average Bonchev–Trinajstić information content (AvgIpc) is 2.46. The van der Waals surface area contributed by atoms with E-state index in [-0.39, 0.29) is 0 Å². The molecular weight excluding hydrogens is 232 g/mol. The number of allylic oxidation sites excluding steroid dienone is 1. The van der Waals surface area contributed by atoms with E-state index in [1.165, 1.54) is 5.56 Å². The quantitative estimate of drug-likeness (QED) is 0.728. The lowest BCUT2D eigenvalue weighted by Crippen LogP contribution is -1.82. The molecule has 0 aromatic heterocycles. The fourth-order valence-electron chi connectivity index (χ4n) is 1.64. The van der Waals surface area contributed by atoms with Crippen molar-refractivity contribution in [1.29, 1.82) is 0 Å². The van der Waals surface area contributed by atoms with Gasteiger partial charge in [-0.25, -0.2) is 0 Å². The fraction of sp³-hybridized carbons (Fsp3) is 0.111. The third kappa shape index (κ3) is 4.04. The van der Waals surface area contributed by atoms with Crippen molar-refractivity contribution in [3.63, 3.8) is 0 Å². The second-order valence-electron chi connectivity index (χ2n) is 4.25. The smallest absolute Gasteiger partial charge is 0.120 e. The first kappa shape index (κ1) is 13.0. The van der Waals surface area contributed by atoms with Gasteiger partial charge in [0.25, 0.3) is 0 Å². The van der Waals surface area contributed by atoms with Crippen LogP contribution in [0.3, 0.4) is 0 Å². The Hall–Kier alpha value is -2.46. The standard InChI is InChI=1S/C18H16O/c1-15-10-12-16(13-11-15)6-3-4-7-17-8-5-9-18(14-17)19-2/h3,5-6,8-14H,1-2H3/b6-3-. The zero-order chi connectivity index (χ0) is 13.5. The predicted octanol–water partition coefficient (Wildman–Crippen LogP) is 4.07. The number of benzene rings is 2. The third-order valence-corrected chi connectivity index (χ3v) is 2.72. The van der Waals surface area contributed by atoms with Crippen LogP contribution in [0.1, 0.15) is 16.7 Å².